The summed E-state index contributed by atoms with van der Waals surface area (Å²) in [4.78, 5) is 0. The molecule has 0 saturated heterocycles. The van der Waals surface area contributed by atoms with E-state index in [9.17, 15) is 0 Å². The normalized spacial score (nSPS) is 12.8. The Morgan fingerprint density at radius 2 is 2.11 bits per heavy atom. The van der Waals surface area contributed by atoms with E-state index >= 15 is 0 Å². The molecule has 0 amide bonds. The van der Waals surface area contributed by atoms with Crippen LogP contribution in [0.1, 0.15) is 23.7 Å². The van der Waals surface area contributed by atoms with Gasteiger partial charge in [-0.2, -0.15) is 10.2 Å². The molecule has 0 aliphatic heterocycles. The van der Waals surface area contributed by atoms with Gasteiger partial charge in [0.1, 0.15) is 5.82 Å². The van der Waals surface area contributed by atoms with Crippen molar-refractivity contribution in [3.63, 3.8) is 0 Å². The molecular weight excluding hydrogens is 230 g/mol. The van der Waals surface area contributed by atoms with Gasteiger partial charge in [-0.05, 0) is 18.9 Å². The van der Waals surface area contributed by atoms with Gasteiger partial charge >= 0.3 is 0 Å². The quantitative estimate of drug-likeness (QED) is 0.506. The second-order valence-electron chi connectivity index (χ2n) is 4.31. The summed E-state index contributed by atoms with van der Waals surface area (Å²) in [6.07, 6.45) is 5.26. The fourth-order valence-electron chi connectivity index (χ4n) is 2.00. The SMILES string of the molecule is Cn1nccc1CCC(NN)c1cnn(C)c1N. The average molecular weight is 249 g/mol. The molecule has 2 aromatic heterocycles. The lowest BCUT2D eigenvalue weighted by atomic mass is 10.0. The number of aryl methyl sites for hydroxylation is 3. The van der Waals surface area contributed by atoms with Crippen LogP contribution in [0.3, 0.4) is 0 Å². The molecule has 0 spiro atoms. The van der Waals surface area contributed by atoms with E-state index < -0.39 is 0 Å². The van der Waals surface area contributed by atoms with Crippen molar-refractivity contribution >= 4 is 5.82 Å². The van der Waals surface area contributed by atoms with Crippen LogP contribution < -0.4 is 17.0 Å². The maximum Gasteiger partial charge on any atom is 0.126 e. The summed E-state index contributed by atoms with van der Waals surface area (Å²) < 4.78 is 3.50. The molecule has 2 aromatic rings. The second kappa shape index (κ2) is 5.19. The zero-order valence-corrected chi connectivity index (χ0v) is 10.7. The molecule has 1 unspecified atom stereocenters. The maximum absolute atomic E-state index is 5.95. The van der Waals surface area contributed by atoms with E-state index in [0.717, 1.165) is 24.1 Å². The first-order chi connectivity index (χ1) is 8.63. The molecular formula is C11H19N7. The lowest BCUT2D eigenvalue weighted by Crippen LogP contribution is -2.29. The lowest BCUT2D eigenvalue weighted by Gasteiger charge is -2.15. The number of anilines is 1. The summed E-state index contributed by atoms with van der Waals surface area (Å²) >= 11 is 0. The van der Waals surface area contributed by atoms with Crippen molar-refractivity contribution in [3.8, 4) is 0 Å². The van der Waals surface area contributed by atoms with Gasteiger partial charge in [-0.1, -0.05) is 0 Å². The first-order valence-corrected chi connectivity index (χ1v) is 5.84. The van der Waals surface area contributed by atoms with Gasteiger partial charge in [-0.15, -0.1) is 0 Å². The smallest absolute Gasteiger partial charge is 0.126 e. The molecule has 2 rings (SSSR count). The predicted molar refractivity (Wildman–Crippen MR) is 69.2 cm³/mol. The number of nitrogens with one attached hydrogen (secondary N) is 1. The van der Waals surface area contributed by atoms with Crippen molar-refractivity contribution in [2.24, 2.45) is 19.9 Å². The highest BCUT2D eigenvalue weighted by Crippen LogP contribution is 2.23. The minimum Gasteiger partial charge on any atom is -0.384 e. The third-order valence-electron chi connectivity index (χ3n) is 3.20. The molecule has 0 aliphatic carbocycles. The van der Waals surface area contributed by atoms with Crippen LogP contribution in [0.15, 0.2) is 18.5 Å². The van der Waals surface area contributed by atoms with Crippen molar-refractivity contribution in [2.45, 2.75) is 18.9 Å². The maximum atomic E-state index is 5.95. The molecule has 0 aromatic carbocycles. The number of nitrogens with zero attached hydrogens (tertiary/aromatic N) is 4. The van der Waals surface area contributed by atoms with Gasteiger partial charge in [-0.3, -0.25) is 20.6 Å². The largest absolute Gasteiger partial charge is 0.384 e. The molecule has 1 atom stereocenters. The van der Waals surface area contributed by atoms with Crippen molar-refractivity contribution in [3.05, 3.63) is 29.7 Å². The van der Waals surface area contributed by atoms with Gasteiger partial charge in [-0.25, -0.2) is 0 Å². The molecule has 7 nitrogen and oxygen atoms in total. The highest BCUT2D eigenvalue weighted by molar-refractivity contribution is 5.40. The van der Waals surface area contributed by atoms with Crippen molar-refractivity contribution < 1.29 is 0 Å². The Labute approximate surface area is 106 Å². The Bertz CT molecular complexity index is 513. The fraction of sp³-hybridized carbons (Fsp3) is 0.455. The van der Waals surface area contributed by atoms with Gasteiger partial charge in [0.2, 0.25) is 0 Å². The monoisotopic (exact) mass is 249 g/mol. The third-order valence-corrected chi connectivity index (χ3v) is 3.20. The van der Waals surface area contributed by atoms with Crippen LogP contribution in [-0.2, 0) is 20.5 Å². The summed E-state index contributed by atoms with van der Waals surface area (Å²) in [7, 11) is 3.74. The first kappa shape index (κ1) is 12.6. The number of rotatable bonds is 5. The summed E-state index contributed by atoms with van der Waals surface area (Å²) in [5.74, 6) is 6.24. The number of nitrogen functional groups attached to an aromatic ring is 1. The van der Waals surface area contributed by atoms with Gasteiger partial charge in [0.25, 0.3) is 0 Å². The van der Waals surface area contributed by atoms with E-state index in [1.165, 1.54) is 0 Å². The summed E-state index contributed by atoms with van der Waals surface area (Å²) in [5, 5.41) is 8.26. The van der Waals surface area contributed by atoms with Gasteiger partial charge < -0.3 is 5.73 Å². The minimum atomic E-state index is -0.00593. The van der Waals surface area contributed by atoms with Crippen molar-refractivity contribution in [1.29, 1.82) is 0 Å². The van der Waals surface area contributed by atoms with E-state index in [4.69, 9.17) is 11.6 Å². The Morgan fingerprint density at radius 1 is 1.33 bits per heavy atom. The van der Waals surface area contributed by atoms with Gasteiger partial charge in [0, 0.05) is 31.5 Å². The Kier molecular flexibility index (Phi) is 3.63. The van der Waals surface area contributed by atoms with Crippen LogP contribution in [0, 0.1) is 0 Å². The van der Waals surface area contributed by atoms with E-state index in [1.54, 1.807) is 17.1 Å². The topological polar surface area (TPSA) is 99.7 Å². The van der Waals surface area contributed by atoms with E-state index in [1.807, 2.05) is 24.8 Å². The molecule has 0 radical (unpaired) electrons. The van der Waals surface area contributed by atoms with Crippen molar-refractivity contribution in [1.82, 2.24) is 25.0 Å². The molecule has 5 N–H and O–H groups in total. The Balaban J connectivity index is 2.06. The van der Waals surface area contributed by atoms with Crippen LogP contribution in [0.2, 0.25) is 0 Å². The Morgan fingerprint density at radius 3 is 2.61 bits per heavy atom. The van der Waals surface area contributed by atoms with E-state index in [-0.39, 0.29) is 6.04 Å². The zero-order chi connectivity index (χ0) is 13.1. The van der Waals surface area contributed by atoms with Crippen LogP contribution in [0.5, 0.6) is 0 Å². The third kappa shape index (κ3) is 2.36. The standard InChI is InChI=1S/C11H19N7/c1-17-8(5-6-14-17)3-4-10(16-13)9-7-15-18(2)11(9)12/h5-7,10,16H,3-4,12-13H2,1-2H3. The molecule has 2 heterocycles. The van der Waals surface area contributed by atoms with Crippen molar-refractivity contribution in [2.75, 3.05) is 5.73 Å². The van der Waals surface area contributed by atoms with Gasteiger partial charge in [0.05, 0.1) is 12.2 Å². The second-order valence-corrected chi connectivity index (χ2v) is 4.31. The van der Waals surface area contributed by atoms with Crippen LogP contribution in [-0.4, -0.2) is 19.6 Å². The molecule has 0 fully saturated rings. The van der Waals surface area contributed by atoms with E-state index in [0.29, 0.717) is 5.82 Å². The van der Waals surface area contributed by atoms with Crippen LogP contribution in [0.25, 0.3) is 0 Å². The highest BCUT2D eigenvalue weighted by atomic mass is 15.3. The summed E-state index contributed by atoms with van der Waals surface area (Å²) in [6.45, 7) is 0. The Hall–Kier alpha value is -1.86. The van der Waals surface area contributed by atoms with E-state index in [2.05, 4.69) is 15.6 Å². The number of hydrogen-bond acceptors (Lipinski definition) is 5. The number of hydrogen-bond donors (Lipinski definition) is 3. The van der Waals surface area contributed by atoms with Crippen LogP contribution in [0.4, 0.5) is 5.82 Å². The number of hydrazine groups is 1. The predicted octanol–water partition coefficient (Wildman–Crippen LogP) is -0.127. The highest BCUT2D eigenvalue weighted by Gasteiger charge is 2.16. The fourth-order valence-corrected chi connectivity index (χ4v) is 2.00. The molecule has 98 valence electrons. The minimum absolute atomic E-state index is 0.00593. The molecule has 7 heteroatoms. The van der Waals surface area contributed by atoms with Crippen LogP contribution >= 0.6 is 0 Å². The first-order valence-electron chi connectivity index (χ1n) is 5.84. The number of nitrogens with two attached hydrogens (primary N) is 2. The average Bonchev–Trinajstić information content (AvgIpc) is 2.90. The molecule has 0 saturated carbocycles. The van der Waals surface area contributed by atoms with Gasteiger partial charge in [0.15, 0.2) is 0 Å². The lowest BCUT2D eigenvalue weighted by molar-refractivity contribution is 0.508. The zero-order valence-electron chi connectivity index (χ0n) is 10.7. The molecule has 0 aliphatic rings. The summed E-state index contributed by atoms with van der Waals surface area (Å²) in [5.41, 5.74) is 10.8. The molecule has 0 bridgehead atoms. The number of aromatic nitrogens is 4. The molecule has 18 heavy (non-hydrogen) atoms. The summed E-state index contributed by atoms with van der Waals surface area (Å²) in [6, 6.07) is 1.99.